The molecule has 0 N–H and O–H groups in total. The van der Waals surface area contributed by atoms with Gasteiger partial charge in [0.25, 0.3) is 5.91 Å². The van der Waals surface area contributed by atoms with Crippen LogP contribution in [-0.4, -0.2) is 48.6 Å². The smallest absolute Gasteiger partial charge is 0.254 e. The van der Waals surface area contributed by atoms with Gasteiger partial charge in [-0.25, -0.2) is 4.98 Å². The number of unbranched alkanes of at least 4 members (excludes halogenated alkanes) is 1. The zero-order valence-corrected chi connectivity index (χ0v) is 18.8. The van der Waals surface area contributed by atoms with Gasteiger partial charge >= 0.3 is 0 Å². The number of aryl methyl sites for hydroxylation is 2. The first kappa shape index (κ1) is 20.7. The molecular formula is C24H29N3O2S. The summed E-state index contributed by atoms with van der Waals surface area (Å²) in [5.74, 6) is 0.847. The summed E-state index contributed by atoms with van der Waals surface area (Å²) in [6.07, 6.45) is 2.11. The summed E-state index contributed by atoms with van der Waals surface area (Å²) in [6.45, 7) is 10.1. The minimum atomic E-state index is 0.0753. The minimum absolute atomic E-state index is 0.0753. The normalized spacial score (nSPS) is 14.4. The molecule has 2 heterocycles. The average Bonchev–Trinajstić information content (AvgIpc) is 3.18. The zero-order valence-electron chi connectivity index (χ0n) is 18.0. The van der Waals surface area contributed by atoms with Crippen LogP contribution in [0.4, 0.5) is 5.13 Å². The third-order valence-electron chi connectivity index (χ3n) is 5.49. The van der Waals surface area contributed by atoms with Crippen LogP contribution in [0, 0.1) is 13.8 Å². The lowest BCUT2D eigenvalue weighted by molar-refractivity contribution is 0.0746. The number of benzene rings is 2. The molecule has 1 aromatic heterocycles. The fraction of sp³-hybridized carbons (Fsp3) is 0.417. The van der Waals surface area contributed by atoms with Crippen LogP contribution in [0.1, 0.15) is 41.3 Å². The number of piperazine rings is 1. The van der Waals surface area contributed by atoms with Crippen molar-refractivity contribution < 1.29 is 9.53 Å². The van der Waals surface area contributed by atoms with Crippen molar-refractivity contribution in [3.05, 3.63) is 53.1 Å². The first-order valence-corrected chi connectivity index (χ1v) is 11.5. The second kappa shape index (κ2) is 9.04. The van der Waals surface area contributed by atoms with Gasteiger partial charge < -0.3 is 14.5 Å². The van der Waals surface area contributed by atoms with E-state index in [4.69, 9.17) is 9.72 Å². The van der Waals surface area contributed by atoms with Crippen LogP contribution in [0.2, 0.25) is 0 Å². The first-order chi connectivity index (χ1) is 14.5. The number of rotatable bonds is 6. The Morgan fingerprint density at radius 2 is 1.93 bits per heavy atom. The van der Waals surface area contributed by atoms with E-state index in [1.165, 1.54) is 15.8 Å². The van der Waals surface area contributed by atoms with Gasteiger partial charge in [0.15, 0.2) is 5.13 Å². The lowest BCUT2D eigenvalue weighted by Crippen LogP contribution is -2.48. The molecule has 0 atom stereocenters. The standard InChI is InChI=1S/C24H29N3O2S/c1-4-5-13-29-20-8-6-7-19(16-20)23(28)26-9-11-27(12-10-26)24-25-21-15-17(2)14-18(3)22(21)30-24/h6-8,14-16H,4-5,9-13H2,1-3H3. The SMILES string of the molecule is CCCCOc1cccc(C(=O)N2CCN(c3nc4cc(C)cc(C)c4s3)CC2)c1. The van der Waals surface area contributed by atoms with E-state index < -0.39 is 0 Å². The van der Waals surface area contributed by atoms with E-state index in [2.05, 4.69) is 37.8 Å². The van der Waals surface area contributed by atoms with Crippen LogP contribution in [-0.2, 0) is 0 Å². The second-order valence-electron chi connectivity index (χ2n) is 7.94. The molecule has 1 aliphatic heterocycles. The predicted molar refractivity (Wildman–Crippen MR) is 124 cm³/mol. The van der Waals surface area contributed by atoms with Crippen molar-refractivity contribution in [3.63, 3.8) is 0 Å². The maximum absolute atomic E-state index is 13.0. The Morgan fingerprint density at radius 3 is 2.70 bits per heavy atom. The largest absolute Gasteiger partial charge is 0.494 e. The number of fused-ring (bicyclic) bond motifs is 1. The summed E-state index contributed by atoms with van der Waals surface area (Å²) < 4.78 is 7.02. The van der Waals surface area contributed by atoms with Crippen molar-refractivity contribution in [2.75, 3.05) is 37.7 Å². The summed E-state index contributed by atoms with van der Waals surface area (Å²) in [5.41, 5.74) is 4.30. The van der Waals surface area contributed by atoms with Crippen molar-refractivity contribution in [2.45, 2.75) is 33.6 Å². The Hall–Kier alpha value is -2.60. The highest BCUT2D eigenvalue weighted by molar-refractivity contribution is 7.22. The van der Waals surface area contributed by atoms with E-state index in [1.807, 2.05) is 29.2 Å². The van der Waals surface area contributed by atoms with Crippen molar-refractivity contribution >= 4 is 32.6 Å². The number of thiazole rings is 1. The van der Waals surface area contributed by atoms with Crippen LogP contribution < -0.4 is 9.64 Å². The van der Waals surface area contributed by atoms with Gasteiger partial charge in [0.05, 0.1) is 16.8 Å². The van der Waals surface area contributed by atoms with E-state index in [9.17, 15) is 4.79 Å². The molecule has 6 heteroatoms. The number of hydrogen-bond donors (Lipinski definition) is 0. The van der Waals surface area contributed by atoms with Gasteiger partial charge in [-0.05, 0) is 55.7 Å². The molecule has 30 heavy (non-hydrogen) atoms. The summed E-state index contributed by atoms with van der Waals surface area (Å²) >= 11 is 1.75. The van der Waals surface area contributed by atoms with E-state index in [0.717, 1.165) is 42.3 Å². The first-order valence-electron chi connectivity index (χ1n) is 10.7. The second-order valence-corrected chi connectivity index (χ2v) is 8.91. The Morgan fingerprint density at radius 1 is 1.13 bits per heavy atom. The van der Waals surface area contributed by atoms with Gasteiger partial charge in [-0.1, -0.05) is 36.8 Å². The maximum atomic E-state index is 13.0. The van der Waals surface area contributed by atoms with Crippen LogP contribution in [0.3, 0.4) is 0 Å². The Balaban J connectivity index is 1.40. The summed E-state index contributed by atoms with van der Waals surface area (Å²) in [4.78, 5) is 22.1. The molecule has 0 spiro atoms. The Kier molecular flexibility index (Phi) is 6.23. The van der Waals surface area contributed by atoms with E-state index in [1.54, 1.807) is 11.3 Å². The lowest BCUT2D eigenvalue weighted by Gasteiger charge is -2.34. The van der Waals surface area contributed by atoms with E-state index in [0.29, 0.717) is 25.3 Å². The van der Waals surface area contributed by atoms with Crippen molar-refractivity contribution in [1.29, 1.82) is 0 Å². The van der Waals surface area contributed by atoms with Gasteiger partial charge in [0.2, 0.25) is 0 Å². The quantitative estimate of drug-likeness (QED) is 0.520. The number of amides is 1. The van der Waals surface area contributed by atoms with Gasteiger partial charge in [-0.3, -0.25) is 4.79 Å². The molecule has 1 amide bonds. The molecule has 5 nitrogen and oxygen atoms in total. The molecule has 1 saturated heterocycles. The fourth-order valence-electron chi connectivity index (χ4n) is 3.84. The Labute approximate surface area is 182 Å². The molecule has 3 aromatic rings. The molecule has 1 aliphatic rings. The highest BCUT2D eigenvalue weighted by Crippen LogP contribution is 2.32. The molecule has 0 radical (unpaired) electrons. The number of aromatic nitrogens is 1. The fourth-order valence-corrected chi connectivity index (χ4v) is 4.90. The molecule has 2 aromatic carbocycles. The number of anilines is 1. The van der Waals surface area contributed by atoms with Crippen molar-refractivity contribution in [3.8, 4) is 5.75 Å². The van der Waals surface area contributed by atoms with Crippen LogP contribution in [0.5, 0.6) is 5.75 Å². The number of carbonyl (C=O) groups is 1. The number of hydrogen-bond acceptors (Lipinski definition) is 5. The molecular weight excluding hydrogens is 394 g/mol. The number of ether oxygens (including phenoxy) is 1. The average molecular weight is 424 g/mol. The molecule has 158 valence electrons. The monoisotopic (exact) mass is 423 g/mol. The molecule has 4 rings (SSSR count). The van der Waals surface area contributed by atoms with E-state index in [-0.39, 0.29) is 5.91 Å². The van der Waals surface area contributed by atoms with Gasteiger partial charge in [-0.15, -0.1) is 0 Å². The number of carbonyl (C=O) groups excluding carboxylic acids is 1. The van der Waals surface area contributed by atoms with Gasteiger partial charge in [0.1, 0.15) is 5.75 Å². The predicted octanol–water partition coefficient (Wildman–Crippen LogP) is 5.05. The molecule has 1 fully saturated rings. The molecule has 0 unspecified atom stereocenters. The van der Waals surface area contributed by atoms with Crippen LogP contribution in [0.25, 0.3) is 10.2 Å². The minimum Gasteiger partial charge on any atom is -0.494 e. The number of nitrogens with zero attached hydrogens (tertiary/aromatic N) is 3. The summed E-state index contributed by atoms with van der Waals surface area (Å²) in [7, 11) is 0. The molecule has 0 bridgehead atoms. The topological polar surface area (TPSA) is 45.7 Å². The summed E-state index contributed by atoms with van der Waals surface area (Å²) in [6, 6.07) is 11.9. The van der Waals surface area contributed by atoms with Gasteiger partial charge in [-0.2, -0.15) is 0 Å². The lowest BCUT2D eigenvalue weighted by atomic mass is 10.1. The molecule has 0 aliphatic carbocycles. The van der Waals surface area contributed by atoms with Crippen LogP contribution in [0.15, 0.2) is 36.4 Å². The van der Waals surface area contributed by atoms with Crippen molar-refractivity contribution in [1.82, 2.24) is 9.88 Å². The van der Waals surface area contributed by atoms with Crippen molar-refractivity contribution in [2.24, 2.45) is 0 Å². The third kappa shape index (κ3) is 4.43. The highest BCUT2D eigenvalue weighted by atomic mass is 32.1. The zero-order chi connectivity index (χ0) is 21.1. The summed E-state index contributed by atoms with van der Waals surface area (Å²) in [5, 5.41) is 1.05. The maximum Gasteiger partial charge on any atom is 0.254 e. The van der Waals surface area contributed by atoms with E-state index >= 15 is 0 Å². The Bertz CT molecular complexity index is 1040. The third-order valence-corrected chi connectivity index (χ3v) is 6.76. The van der Waals surface area contributed by atoms with Gasteiger partial charge in [0, 0.05) is 31.7 Å². The molecule has 0 saturated carbocycles. The highest BCUT2D eigenvalue weighted by Gasteiger charge is 2.24. The van der Waals surface area contributed by atoms with Crippen LogP contribution >= 0.6 is 11.3 Å².